The summed E-state index contributed by atoms with van der Waals surface area (Å²) in [5.41, 5.74) is -0.275. The molecule has 0 aromatic carbocycles. The molecule has 0 saturated carbocycles. The number of nitriles is 1. The SMILES string of the molecule is COC(C)(S)c1c(NC(=O)Nc2ccnc(C(F)(F)F)c2)cnc(C)c1C#N. The predicted molar refractivity (Wildman–Crippen MR) is 98.9 cm³/mol. The minimum Gasteiger partial charge on any atom is -0.364 e. The molecule has 2 N–H and O–H groups in total. The van der Waals surface area contributed by atoms with Gasteiger partial charge in [-0.3, -0.25) is 9.97 Å². The van der Waals surface area contributed by atoms with Crippen LogP contribution < -0.4 is 10.6 Å². The van der Waals surface area contributed by atoms with E-state index in [0.29, 0.717) is 11.8 Å². The summed E-state index contributed by atoms with van der Waals surface area (Å²) >= 11 is 4.38. The fourth-order valence-electron chi connectivity index (χ4n) is 2.37. The molecular weight excluding hydrogens is 395 g/mol. The average Bonchev–Trinajstić information content (AvgIpc) is 2.62. The van der Waals surface area contributed by atoms with E-state index in [1.54, 1.807) is 13.8 Å². The maximum absolute atomic E-state index is 12.7. The molecule has 7 nitrogen and oxygen atoms in total. The van der Waals surface area contributed by atoms with E-state index in [4.69, 9.17) is 4.74 Å². The standard InChI is InChI=1S/C17H16F3N5O2S/c1-9-11(7-21)14(16(2,28)27-3)12(8-23-9)25-15(26)24-10-4-5-22-13(6-10)17(18,19)20/h4-6,8,28H,1-3H3,(H2,22,24,25,26). The van der Waals surface area contributed by atoms with Crippen LogP contribution in [0.4, 0.5) is 29.3 Å². The second-order valence-corrected chi connectivity index (χ2v) is 6.67. The number of amides is 2. The molecule has 1 atom stereocenters. The fraction of sp³-hybridized carbons (Fsp3) is 0.294. The van der Waals surface area contributed by atoms with Crippen LogP contribution in [-0.2, 0) is 15.8 Å². The highest BCUT2D eigenvalue weighted by Gasteiger charge is 2.33. The number of ether oxygens (including phenoxy) is 1. The van der Waals surface area contributed by atoms with Gasteiger partial charge in [0.25, 0.3) is 0 Å². The summed E-state index contributed by atoms with van der Waals surface area (Å²) < 4.78 is 43.5. The first kappa shape index (κ1) is 21.5. The number of methoxy groups -OCH3 is 1. The second kappa shape index (κ2) is 8.04. The van der Waals surface area contributed by atoms with Gasteiger partial charge < -0.3 is 15.4 Å². The first-order chi connectivity index (χ1) is 13.0. The molecule has 0 bridgehead atoms. The Balaban J connectivity index is 2.34. The monoisotopic (exact) mass is 411 g/mol. The largest absolute Gasteiger partial charge is 0.433 e. The zero-order chi connectivity index (χ0) is 21.1. The molecule has 2 rings (SSSR count). The van der Waals surface area contributed by atoms with Crippen LogP contribution in [-0.4, -0.2) is 23.1 Å². The molecule has 148 valence electrons. The van der Waals surface area contributed by atoms with Gasteiger partial charge in [0.05, 0.1) is 23.1 Å². The fourth-order valence-corrected chi connectivity index (χ4v) is 2.60. The Kier molecular flexibility index (Phi) is 6.16. The molecule has 0 radical (unpaired) electrons. The Morgan fingerprint density at radius 3 is 2.57 bits per heavy atom. The van der Waals surface area contributed by atoms with Gasteiger partial charge in [0.1, 0.15) is 16.7 Å². The molecule has 0 aliphatic heterocycles. The molecule has 2 aromatic heterocycles. The quantitative estimate of drug-likeness (QED) is 0.520. The minimum atomic E-state index is -4.64. The van der Waals surface area contributed by atoms with Crippen molar-refractivity contribution in [2.75, 3.05) is 17.7 Å². The van der Waals surface area contributed by atoms with Crippen molar-refractivity contribution in [3.63, 3.8) is 0 Å². The first-order valence-corrected chi connectivity index (χ1v) is 8.23. The van der Waals surface area contributed by atoms with Crippen LogP contribution in [0.3, 0.4) is 0 Å². The van der Waals surface area contributed by atoms with Crippen molar-refractivity contribution in [3.05, 3.63) is 47.0 Å². The van der Waals surface area contributed by atoms with E-state index >= 15 is 0 Å². The third-order valence-electron chi connectivity index (χ3n) is 3.80. The van der Waals surface area contributed by atoms with Crippen LogP contribution in [0.5, 0.6) is 0 Å². The number of anilines is 2. The van der Waals surface area contributed by atoms with E-state index in [1.165, 1.54) is 19.4 Å². The zero-order valence-corrected chi connectivity index (χ0v) is 15.9. The van der Waals surface area contributed by atoms with Gasteiger partial charge in [0.15, 0.2) is 0 Å². The molecule has 0 saturated heterocycles. The van der Waals surface area contributed by atoms with E-state index in [2.05, 4.69) is 33.2 Å². The Labute approximate surface area is 164 Å². The molecule has 2 amide bonds. The number of hydrogen-bond acceptors (Lipinski definition) is 6. The molecule has 28 heavy (non-hydrogen) atoms. The van der Waals surface area contributed by atoms with Gasteiger partial charge in [-0.05, 0) is 26.0 Å². The number of thiol groups is 1. The molecule has 0 aliphatic carbocycles. The number of nitrogens with one attached hydrogen (secondary N) is 2. The summed E-state index contributed by atoms with van der Waals surface area (Å²) in [6.07, 6.45) is -2.40. The number of hydrogen-bond donors (Lipinski definition) is 3. The number of pyridine rings is 2. The van der Waals surface area contributed by atoms with E-state index in [-0.39, 0.29) is 22.5 Å². The highest BCUT2D eigenvalue weighted by atomic mass is 32.1. The summed E-state index contributed by atoms with van der Waals surface area (Å²) in [5, 5.41) is 14.2. The number of carbonyl (C=O) groups is 1. The van der Waals surface area contributed by atoms with Gasteiger partial charge in [-0.15, -0.1) is 12.6 Å². The minimum absolute atomic E-state index is 0.109. The number of aryl methyl sites for hydroxylation is 1. The number of halogens is 3. The lowest BCUT2D eigenvalue weighted by molar-refractivity contribution is -0.141. The van der Waals surface area contributed by atoms with Gasteiger partial charge in [0.2, 0.25) is 0 Å². The van der Waals surface area contributed by atoms with Crippen molar-refractivity contribution in [3.8, 4) is 6.07 Å². The summed E-state index contributed by atoms with van der Waals surface area (Å²) in [4.78, 5) is 18.3. The van der Waals surface area contributed by atoms with Crippen molar-refractivity contribution >= 4 is 30.0 Å². The maximum Gasteiger partial charge on any atom is 0.433 e. The van der Waals surface area contributed by atoms with Crippen LogP contribution in [0.1, 0.15) is 29.4 Å². The molecule has 2 aromatic rings. The van der Waals surface area contributed by atoms with Crippen LogP contribution in [0.15, 0.2) is 24.5 Å². The second-order valence-electron chi connectivity index (χ2n) is 5.81. The normalized spacial score (nSPS) is 13.4. The summed E-state index contributed by atoms with van der Waals surface area (Å²) in [6.45, 7) is 3.19. The number of aromatic nitrogens is 2. The number of nitrogens with zero attached hydrogens (tertiary/aromatic N) is 3. The van der Waals surface area contributed by atoms with Crippen LogP contribution in [0.25, 0.3) is 0 Å². The van der Waals surface area contributed by atoms with Crippen molar-refractivity contribution in [2.24, 2.45) is 0 Å². The van der Waals surface area contributed by atoms with Gasteiger partial charge in [-0.2, -0.15) is 18.4 Å². The summed E-state index contributed by atoms with van der Waals surface area (Å²) in [6, 6.07) is 3.07. The number of carbonyl (C=O) groups excluding carboxylic acids is 1. The number of rotatable bonds is 4. The lowest BCUT2D eigenvalue weighted by Gasteiger charge is -2.26. The lowest BCUT2D eigenvalue weighted by Crippen LogP contribution is -2.26. The van der Waals surface area contributed by atoms with Gasteiger partial charge in [-0.25, -0.2) is 4.79 Å². The highest BCUT2D eigenvalue weighted by molar-refractivity contribution is 7.81. The summed E-state index contributed by atoms with van der Waals surface area (Å²) in [7, 11) is 1.38. The third kappa shape index (κ3) is 4.71. The molecule has 0 spiro atoms. The molecule has 2 heterocycles. The highest BCUT2D eigenvalue weighted by Crippen LogP contribution is 2.37. The zero-order valence-electron chi connectivity index (χ0n) is 15.0. The molecule has 11 heteroatoms. The van der Waals surface area contributed by atoms with E-state index in [9.17, 15) is 23.2 Å². The average molecular weight is 411 g/mol. The Morgan fingerprint density at radius 1 is 1.32 bits per heavy atom. The van der Waals surface area contributed by atoms with Crippen molar-refractivity contribution in [1.82, 2.24) is 9.97 Å². The van der Waals surface area contributed by atoms with Gasteiger partial charge >= 0.3 is 12.2 Å². The molecule has 0 fully saturated rings. The van der Waals surface area contributed by atoms with Crippen LogP contribution in [0.2, 0.25) is 0 Å². The Hall–Kier alpha value is -2.84. The van der Waals surface area contributed by atoms with E-state index in [0.717, 1.165) is 6.20 Å². The predicted octanol–water partition coefficient (Wildman–Crippen LogP) is 4.07. The van der Waals surface area contributed by atoms with Gasteiger partial charge in [-0.1, -0.05) is 0 Å². The molecule has 0 aliphatic rings. The van der Waals surface area contributed by atoms with E-state index < -0.39 is 22.8 Å². The number of urea groups is 1. The number of alkyl halides is 3. The summed E-state index contributed by atoms with van der Waals surface area (Å²) in [5.74, 6) is 0. The van der Waals surface area contributed by atoms with Crippen LogP contribution >= 0.6 is 12.6 Å². The van der Waals surface area contributed by atoms with E-state index in [1.807, 2.05) is 6.07 Å². The maximum atomic E-state index is 12.7. The lowest BCUT2D eigenvalue weighted by atomic mass is 10.0. The van der Waals surface area contributed by atoms with Crippen molar-refractivity contribution in [1.29, 1.82) is 5.26 Å². The topological polar surface area (TPSA) is 99.9 Å². The Bertz CT molecular complexity index is 941. The van der Waals surface area contributed by atoms with Crippen molar-refractivity contribution in [2.45, 2.75) is 25.0 Å². The molecular formula is C17H16F3N5O2S. The van der Waals surface area contributed by atoms with Crippen molar-refractivity contribution < 1.29 is 22.7 Å². The first-order valence-electron chi connectivity index (χ1n) is 7.78. The van der Waals surface area contributed by atoms with Crippen LogP contribution in [0, 0.1) is 18.3 Å². The Morgan fingerprint density at radius 2 is 2.00 bits per heavy atom. The third-order valence-corrected chi connectivity index (χ3v) is 4.20. The van der Waals surface area contributed by atoms with Gasteiger partial charge in [0, 0.05) is 24.6 Å². The smallest absolute Gasteiger partial charge is 0.364 e. The molecule has 1 unspecified atom stereocenters.